The Morgan fingerprint density at radius 3 is 2.62 bits per heavy atom. The molecule has 132 valence electrons. The van der Waals surface area contributed by atoms with Crippen LogP contribution in [0.3, 0.4) is 0 Å². The first-order chi connectivity index (χ1) is 11.5. The SMILES string of the molecule is Cc1ccc(S(=O)(=O)NCC(c2cccs2)N2CCC(C)CC2)s1. The number of likely N-dealkylation sites (tertiary alicyclic amines) is 1. The van der Waals surface area contributed by atoms with E-state index in [4.69, 9.17) is 0 Å². The van der Waals surface area contributed by atoms with Gasteiger partial charge >= 0.3 is 0 Å². The first-order valence-electron chi connectivity index (χ1n) is 8.29. The summed E-state index contributed by atoms with van der Waals surface area (Å²) < 4.78 is 28.3. The van der Waals surface area contributed by atoms with Crippen molar-refractivity contribution in [3.05, 3.63) is 39.4 Å². The maximum atomic E-state index is 12.5. The van der Waals surface area contributed by atoms with Gasteiger partial charge in [-0.3, -0.25) is 4.90 Å². The molecular formula is C17H24N2O2S3. The summed E-state index contributed by atoms with van der Waals surface area (Å²) in [7, 11) is -3.43. The summed E-state index contributed by atoms with van der Waals surface area (Å²) in [6, 6.07) is 7.80. The average Bonchev–Trinajstić information content (AvgIpc) is 3.21. The second kappa shape index (κ2) is 7.66. The summed E-state index contributed by atoms with van der Waals surface area (Å²) in [5, 5.41) is 2.06. The van der Waals surface area contributed by atoms with Gasteiger partial charge in [-0.1, -0.05) is 13.0 Å². The van der Waals surface area contributed by atoms with Crippen molar-refractivity contribution in [1.82, 2.24) is 9.62 Å². The second-order valence-corrected chi connectivity index (χ2v) is 10.7. The standard InChI is InChI=1S/C17H24N2O2S3/c1-13-7-9-19(10-8-13)15(16-4-3-11-22-16)12-18-24(20,21)17-6-5-14(2)23-17/h3-6,11,13,15,18H,7-10,12H2,1-2H3. The Morgan fingerprint density at radius 1 is 1.29 bits per heavy atom. The topological polar surface area (TPSA) is 49.4 Å². The van der Waals surface area contributed by atoms with E-state index in [1.54, 1.807) is 17.4 Å². The third kappa shape index (κ3) is 4.26. The van der Waals surface area contributed by atoms with E-state index in [1.807, 2.05) is 19.1 Å². The fourth-order valence-electron chi connectivity index (χ4n) is 3.05. The van der Waals surface area contributed by atoms with Gasteiger partial charge in [0.05, 0.1) is 6.04 Å². The minimum absolute atomic E-state index is 0.119. The number of nitrogens with one attached hydrogen (secondary N) is 1. The third-order valence-corrected chi connectivity index (χ3v) is 8.47. The van der Waals surface area contributed by atoms with E-state index < -0.39 is 10.0 Å². The Hall–Kier alpha value is -0.730. The van der Waals surface area contributed by atoms with Crippen LogP contribution in [-0.2, 0) is 10.0 Å². The van der Waals surface area contributed by atoms with Gasteiger partial charge in [-0.25, -0.2) is 13.1 Å². The van der Waals surface area contributed by atoms with Crippen LogP contribution < -0.4 is 4.72 Å². The van der Waals surface area contributed by atoms with E-state index in [9.17, 15) is 8.42 Å². The van der Waals surface area contributed by atoms with Crippen LogP contribution in [0, 0.1) is 12.8 Å². The monoisotopic (exact) mass is 384 g/mol. The van der Waals surface area contributed by atoms with Gasteiger partial charge in [-0.2, -0.15) is 0 Å². The van der Waals surface area contributed by atoms with E-state index in [-0.39, 0.29) is 6.04 Å². The number of rotatable bonds is 6. The number of hydrogen-bond donors (Lipinski definition) is 1. The van der Waals surface area contributed by atoms with Crippen molar-refractivity contribution >= 4 is 32.7 Å². The molecular weight excluding hydrogens is 360 g/mol. The number of aryl methyl sites for hydroxylation is 1. The molecule has 7 heteroatoms. The first-order valence-corrected chi connectivity index (χ1v) is 11.5. The van der Waals surface area contributed by atoms with Gasteiger partial charge < -0.3 is 0 Å². The number of thiophene rings is 2. The van der Waals surface area contributed by atoms with Gasteiger partial charge in [0.15, 0.2) is 0 Å². The average molecular weight is 385 g/mol. The van der Waals surface area contributed by atoms with Crippen LogP contribution in [0.25, 0.3) is 0 Å². The Bertz CT molecular complexity index is 745. The largest absolute Gasteiger partial charge is 0.294 e. The molecule has 0 bridgehead atoms. The fourth-order valence-corrected chi connectivity index (χ4v) is 6.27. The zero-order valence-electron chi connectivity index (χ0n) is 14.1. The Morgan fingerprint density at radius 2 is 2.04 bits per heavy atom. The van der Waals surface area contributed by atoms with Crippen LogP contribution in [0.1, 0.15) is 35.6 Å². The summed E-state index contributed by atoms with van der Waals surface area (Å²) >= 11 is 3.02. The zero-order chi connectivity index (χ0) is 17.2. The lowest BCUT2D eigenvalue weighted by Gasteiger charge is -2.36. The van der Waals surface area contributed by atoms with Gasteiger partial charge in [0, 0.05) is 16.3 Å². The highest BCUT2D eigenvalue weighted by Gasteiger charge is 2.27. The lowest BCUT2D eigenvalue weighted by Crippen LogP contribution is -2.41. The summed E-state index contributed by atoms with van der Waals surface area (Å²) in [6.45, 7) is 6.70. The molecule has 1 atom stereocenters. The molecule has 0 spiro atoms. The molecule has 0 saturated carbocycles. The summed E-state index contributed by atoms with van der Waals surface area (Å²) in [6.07, 6.45) is 2.36. The highest BCUT2D eigenvalue weighted by molar-refractivity contribution is 7.91. The van der Waals surface area contributed by atoms with E-state index in [1.165, 1.54) is 29.1 Å². The number of sulfonamides is 1. The molecule has 24 heavy (non-hydrogen) atoms. The number of nitrogens with zero attached hydrogens (tertiary/aromatic N) is 1. The number of piperidine rings is 1. The molecule has 3 heterocycles. The van der Waals surface area contributed by atoms with Gasteiger partial charge in [0.25, 0.3) is 0 Å². The van der Waals surface area contributed by atoms with Crippen LogP contribution in [0.15, 0.2) is 33.9 Å². The molecule has 1 saturated heterocycles. The van der Waals surface area contributed by atoms with Gasteiger partial charge in [-0.05, 0) is 62.4 Å². The third-order valence-electron chi connectivity index (χ3n) is 4.58. The van der Waals surface area contributed by atoms with E-state index in [0.29, 0.717) is 10.8 Å². The van der Waals surface area contributed by atoms with Crippen molar-refractivity contribution < 1.29 is 8.42 Å². The van der Waals surface area contributed by atoms with Crippen LogP contribution >= 0.6 is 22.7 Å². The summed E-state index contributed by atoms with van der Waals surface area (Å²) in [5.41, 5.74) is 0. The highest BCUT2D eigenvalue weighted by Crippen LogP contribution is 2.29. The van der Waals surface area contributed by atoms with Crippen LogP contribution in [-0.4, -0.2) is 33.0 Å². The molecule has 1 fully saturated rings. The first kappa shape index (κ1) is 18.1. The predicted octanol–water partition coefficient (Wildman–Crippen LogP) is 3.87. The van der Waals surface area contributed by atoms with Crippen molar-refractivity contribution in [3.8, 4) is 0 Å². The lowest BCUT2D eigenvalue weighted by molar-refractivity contribution is 0.141. The molecule has 2 aromatic rings. The normalized spacial score (nSPS) is 18.8. The quantitative estimate of drug-likeness (QED) is 0.822. The molecule has 1 N–H and O–H groups in total. The smallest absolute Gasteiger partial charge is 0.250 e. The lowest BCUT2D eigenvalue weighted by atomic mass is 9.97. The molecule has 0 amide bonds. The molecule has 0 radical (unpaired) electrons. The van der Waals surface area contributed by atoms with Crippen molar-refractivity contribution in [2.24, 2.45) is 5.92 Å². The maximum absolute atomic E-state index is 12.5. The summed E-state index contributed by atoms with van der Waals surface area (Å²) in [5.74, 6) is 0.760. The highest BCUT2D eigenvalue weighted by atomic mass is 32.2. The van der Waals surface area contributed by atoms with Crippen LogP contribution in [0.4, 0.5) is 0 Å². The van der Waals surface area contributed by atoms with Crippen LogP contribution in [0.5, 0.6) is 0 Å². The van der Waals surface area contributed by atoms with E-state index >= 15 is 0 Å². The minimum Gasteiger partial charge on any atom is -0.294 e. The fraction of sp³-hybridized carbons (Fsp3) is 0.529. The molecule has 3 rings (SSSR count). The Balaban J connectivity index is 1.73. The molecule has 0 aromatic carbocycles. The van der Waals surface area contributed by atoms with Gasteiger partial charge in [0.1, 0.15) is 4.21 Å². The zero-order valence-corrected chi connectivity index (χ0v) is 16.5. The molecule has 0 aliphatic carbocycles. The minimum atomic E-state index is -3.43. The molecule has 2 aromatic heterocycles. The van der Waals surface area contributed by atoms with Gasteiger partial charge in [0.2, 0.25) is 10.0 Å². The Labute approximate surface area is 152 Å². The van der Waals surface area contributed by atoms with Crippen molar-refractivity contribution in [1.29, 1.82) is 0 Å². The molecule has 1 aliphatic heterocycles. The molecule has 4 nitrogen and oxygen atoms in total. The van der Waals surface area contributed by atoms with Crippen molar-refractivity contribution in [3.63, 3.8) is 0 Å². The van der Waals surface area contributed by atoms with E-state index in [2.05, 4.69) is 28.0 Å². The molecule has 1 aliphatic rings. The Kier molecular flexibility index (Phi) is 5.77. The van der Waals surface area contributed by atoms with Crippen molar-refractivity contribution in [2.75, 3.05) is 19.6 Å². The molecule has 1 unspecified atom stereocenters. The van der Waals surface area contributed by atoms with Crippen molar-refractivity contribution in [2.45, 2.75) is 36.9 Å². The van der Waals surface area contributed by atoms with Crippen LogP contribution in [0.2, 0.25) is 0 Å². The van der Waals surface area contributed by atoms with Gasteiger partial charge in [-0.15, -0.1) is 22.7 Å². The second-order valence-electron chi connectivity index (χ2n) is 6.47. The van der Waals surface area contributed by atoms with E-state index in [0.717, 1.165) is 23.9 Å². The predicted molar refractivity (Wildman–Crippen MR) is 101 cm³/mol. The summed E-state index contributed by atoms with van der Waals surface area (Å²) in [4.78, 5) is 4.67. The maximum Gasteiger partial charge on any atom is 0.250 e. The number of hydrogen-bond acceptors (Lipinski definition) is 5.